The SMILES string of the molecule is Brc1cccc(-c2nc(-c3ccc4c(c3)OCCO4)co2)c1. The Bertz CT molecular complexity index is 828. The summed E-state index contributed by atoms with van der Waals surface area (Å²) in [6.45, 7) is 1.15. The number of nitrogens with zero attached hydrogens (tertiary/aromatic N) is 1. The van der Waals surface area contributed by atoms with E-state index in [1.807, 2.05) is 42.5 Å². The Morgan fingerprint density at radius 1 is 0.909 bits per heavy atom. The van der Waals surface area contributed by atoms with Crippen molar-refractivity contribution in [2.75, 3.05) is 13.2 Å². The summed E-state index contributed by atoms with van der Waals surface area (Å²) in [5, 5.41) is 0. The molecule has 4 rings (SSSR count). The van der Waals surface area contributed by atoms with E-state index >= 15 is 0 Å². The number of ether oxygens (including phenoxy) is 2. The summed E-state index contributed by atoms with van der Waals surface area (Å²) in [6, 6.07) is 13.6. The van der Waals surface area contributed by atoms with Crippen LogP contribution >= 0.6 is 15.9 Å². The van der Waals surface area contributed by atoms with Crippen LogP contribution in [0.25, 0.3) is 22.7 Å². The Morgan fingerprint density at radius 3 is 2.64 bits per heavy atom. The van der Waals surface area contributed by atoms with E-state index < -0.39 is 0 Å². The lowest BCUT2D eigenvalue weighted by Crippen LogP contribution is -2.15. The average Bonchev–Trinajstić information content (AvgIpc) is 3.04. The molecule has 0 atom stereocenters. The van der Waals surface area contributed by atoms with Gasteiger partial charge in [0.2, 0.25) is 5.89 Å². The zero-order valence-corrected chi connectivity index (χ0v) is 13.2. The van der Waals surface area contributed by atoms with Crippen LogP contribution in [0, 0.1) is 0 Å². The van der Waals surface area contributed by atoms with Crippen LogP contribution in [0.3, 0.4) is 0 Å². The van der Waals surface area contributed by atoms with Crippen molar-refractivity contribution in [2.45, 2.75) is 0 Å². The molecule has 2 aromatic carbocycles. The maximum absolute atomic E-state index is 5.60. The van der Waals surface area contributed by atoms with E-state index in [2.05, 4.69) is 20.9 Å². The Labute approximate surface area is 135 Å². The molecule has 0 radical (unpaired) electrons. The topological polar surface area (TPSA) is 44.5 Å². The van der Waals surface area contributed by atoms with Crippen LogP contribution in [0.1, 0.15) is 0 Å². The van der Waals surface area contributed by atoms with E-state index in [0.29, 0.717) is 19.1 Å². The summed E-state index contributed by atoms with van der Waals surface area (Å²) >= 11 is 3.45. The number of halogens is 1. The van der Waals surface area contributed by atoms with Crippen LogP contribution in [0.4, 0.5) is 0 Å². The van der Waals surface area contributed by atoms with Crippen LogP contribution < -0.4 is 9.47 Å². The van der Waals surface area contributed by atoms with E-state index in [1.165, 1.54) is 0 Å². The quantitative estimate of drug-likeness (QED) is 0.675. The molecule has 2 heterocycles. The Balaban J connectivity index is 1.69. The van der Waals surface area contributed by atoms with E-state index in [0.717, 1.165) is 32.8 Å². The Morgan fingerprint density at radius 2 is 1.77 bits per heavy atom. The van der Waals surface area contributed by atoms with Gasteiger partial charge in [-0.1, -0.05) is 22.0 Å². The first-order valence-electron chi connectivity index (χ1n) is 6.91. The largest absolute Gasteiger partial charge is 0.486 e. The predicted octanol–water partition coefficient (Wildman–Crippen LogP) is 4.54. The van der Waals surface area contributed by atoms with E-state index in [9.17, 15) is 0 Å². The second kappa shape index (κ2) is 5.50. The van der Waals surface area contributed by atoms with Crippen LogP contribution in [0.2, 0.25) is 0 Å². The zero-order valence-electron chi connectivity index (χ0n) is 11.6. The molecule has 0 unspecified atom stereocenters. The van der Waals surface area contributed by atoms with Gasteiger partial charge in [0, 0.05) is 15.6 Å². The van der Waals surface area contributed by atoms with Gasteiger partial charge in [0.05, 0.1) is 0 Å². The van der Waals surface area contributed by atoms with Crippen LogP contribution in [0.5, 0.6) is 11.5 Å². The minimum Gasteiger partial charge on any atom is -0.486 e. The normalized spacial score (nSPS) is 13.1. The van der Waals surface area contributed by atoms with E-state index in [4.69, 9.17) is 13.9 Å². The predicted molar refractivity (Wildman–Crippen MR) is 86.1 cm³/mol. The average molecular weight is 358 g/mol. The summed E-state index contributed by atoms with van der Waals surface area (Å²) in [5.74, 6) is 2.10. The first-order valence-corrected chi connectivity index (χ1v) is 7.70. The molecule has 0 amide bonds. The van der Waals surface area contributed by atoms with Gasteiger partial charge in [-0.25, -0.2) is 4.98 Å². The number of benzene rings is 2. The van der Waals surface area contributed by atoms with Gasteiger partial charge in [-0.3, -0.25) is 0 Å². The minimum absolute atomic E-state index is 0.568. The second-order valence-electron chi connectivity index (χ2n) is 4.91. The van der Waals surface area contributed by atoms with Gasteiger partial charge in [0.1, 0.15) is 25.2 Å². The number of hydrogen-bond donors (Lipinski definition) is 0. The van der Waals surface area contributed by atoms with E-state index in [1.54, 1.807) is 6.26 Å². The molecule has 0 N–H and O–H groups in total. The molecule has 1 aliphatic rings. The van der Waals surface area contributed by atoms with Gasteiger partial charge in [0.25, 0.3) is 0 Å². The first kappa shape index (κ1) is 13.4. The fraction of sp³-hybridized carbons (Fsp3) is 0.118. The molecule has 0 bridgehead atoms. The maximum Gasteiger partial charge on any atom is 0.226 e. The molecular formula is C17H12BrNO3. The van der Waals surface area contributed by atoms with Crippen molar-refractivity contribution in [3.8, 4) is 34.2 Å². The Kier molecular flexibility index (Phi) is 3.35. The highest BCUT2D eigenvalue weighted by Crippen LogP contribution is 2.35. The highest BCUT2D eigenvalue weighted by Gasteiger charge is 2.14. The first-order chi connectivity index (χ1) is 10.8. The molecular weight excluding hydrogens is 346 g/mol. The summed E-state index contributed by atoms with van der Waals surface area (Å²) in [7, 11) is 0. The van der Waals surface area contributed by atoms with Crippen LogP contribution in [0.15, 0.2) is 57.6 Å². The third kappa shape index (κ3) is 2.48. The second-order valence-corrected chi connectivity index (χ2v) is 5.82. The molecule has 0 saturated carbocycles. The zero-order chi connectivity index (χ0) is 14.9. The third-order valence-electron chi connectivity index (χ3n) is 3.41. The molecule has 0 spiro atoms. The Hall–Kier alpha value is -2.27. The third-order valence-corrected chi connectivity index (χ3v) is 3.91. The van der Waals surface area contributed by atoms with Gasteiger partial charge < -0.3 is 13.9 Å². The molecule has 0 aliphatic carbocycles. The molecule has 1 aliphatic heterocycles. The van der Waals surface area contributed by atoms with Crippen molar-refractivity contribution < 1.29 is 13.9 Å². The molecule has 22 heavy (non-hydrogen) atoms. The van der Waals surface area contributed by atoms with Crippen LogP contribution in [-0.4, -0.2) is 18.2 Å². The highest BCUT2D eigenvalue weighted by molar-refractivity contribution is 9.10. The van der Waals surface area contributed by atoms with E-state index in [-0.39, 0.29) is 0 Å². The molecule has 5 heteroatoms. The smallest absolute Gasteiger partial charge is 0.226 e. The summed E-state index contributed by atoms with van der Waals surface area (Å²) in [5.41, 5.74) is 2.64. The molecule has 0 fully saturated rings. The molecule has 0 saturated heterocycles. The lowest BCUT2D eigenvalue weighted by molar-refractivity contribution is 0.171. The van der Waals surface area contributed by atoms with Crippen molar-refractivity contribution >= 4 is 15.9 Å². The van der Waals surface area contributed by atoms with Crippen molar-refractivity contribution in [1.82, 2.24) is 4.98 Å². The minimum atomic E-state index is 0.568. The number of oxazole rings is 1. The van der Waals surface area contributed by atoms with Gasteiger partial charge >= 0.3 is 0 Å². The van der Waals surface area contributed by atoms with Gasteiger partial charge in [-0.05, 0) is 36.4 Å². The summed E-state index contributed by atoms with van der Waals surface area (Å²) < 4.78 is 17.7. The molecule has 110 valence electrons. The van der Waals surface area contributed by atoms with Crippen molar-refractivity contribution in [3.05, 3.63) is 53.2 Å². The van der Waals surface area contributed by atoms with Gasteiger partial charge in [-0.2, -0.15) is 0 Å². The fourth-order valence-electron chi connectivity index (χ4n) is 2.36. The lowest BCUT2D eigenvalue weighted by atomic mass is 10.1. The molecule has 3 aromatic rings. The number of aromatic nitrogens is 1. The summed E-state index contributed by atoms with van der Waals surface area (Å²) in [6.07, 6.45) is 1.65. The lowest BCUT2D eigenvalue weighted by Gasteiger charge is -2.18. The van der Waals surface area contributed by atoms with Crippen LogP contribution in [-0.2, 0) is 0 Å². The van der Waals surface area contributed by atoms with Gasteiger partial charge in [0.15, 0.2) is 11.5 Å². The molecule has 4 nitrogen and oxygen atoms in total. The van der Waals surface area contributed by atoms with Gasteiger partial charge in [-0.15, -0.1) is 0 Å². The number of hydrogen-bond acceptors (Lipinski definition) is 4. The number of rotatable bonds is 2. The number of fused-ring (bicyclic) bond motifs is 1. The summed E-state index contributed by atoms with van der Waals surface area (Å²) in [4.78, 5) is 4.56. The monoisotopic (exact) mass is 357 g/mol. The highest BCUT2D eigenvalue weighted by atomic mass is 79.9. The van der Waals surface area contributed by atoms with Crippen molar-refractivity contribution in [3.63, 3.8) is 0 Å². The fourth-order valence-corrected chi connectivity index (χ4v) is 2.76. The standard InChI is InChI=1S/C17H12BrNO3/c18-13-3-1-2-12(8-13)17-19-14(10-22-17)11-4-5-15-16(9-11)21-7-6-20-15/h1-5,8-10H,6-7H2. The molecule has 1 aromatic heterocycles. The van der Waals surface area contributed by atoms with Crippen molar-refractivity contribution in [2.24, 2.45) is 0 Å². The maximum atomic E-state index is 5.60. The van der Waals surface area contributed by atoms with Crippen molar-refractivity contribution in [1.29, 1.82) is 0 Å².